The predicted octanol–water partition coefficient (Wildman–Crippen LogP) is 3.54. The average molecular weight is 378 g/mol. The van der Waals surface area contributed by atoms with E-state index >= 15 is 0 Å². The Labute approximate surface area is 161 Å². The number of nitrogens with one attached hydrogen (secondary N) is 1. The van der Waals surface area contributed by atoms with E-state index in [0.29, 0.717) is 18.7 Å². The average Bonchev–Trinajstić information content (AvgIpc) is 2.66. The van der Waals surface area contributed by atoms with E-state index in [1.807, 2.05) is 36.4 Å². The number of carbonyl (C=O) groups excluding carboxylic acids is 1. The highest BCUT2D eigenvalue weighted by molar-refractivity contribution is 6.04. The minimum Gasteiger partial charge on any atom is -0.492 e. The second kappa shape index (κ2) is 11.5. The van der Waals surface area contributed by atoms with Gasteiger partial charge in [0.2, 0.25) is 0 Å². The first-order valence-electron chi connectivity index (χ1n) is 8.71. The van der Waals surface area contributed by atoms with Gasteiger partial charge in [-0.15, -0.1) is 12.4 Å². The van der Waals surface area contributed by atoms with Crippen LogP contribution in [0.2, 0.25) is 0 Å². The first-order valence-corrected chi connectivity index (χ1v) is 8.71. The molecule has 0 radical (unpaired) electrons. The van der Waals surface area contributed by atoms with Gasteiger partial charge in [-0.1, -0.05) is 26.0 Å². The van der Waals surface area contributed by atoms with Gasteiger partial charge in [-0.3, -0.25) is 4.79 Å². The molecule has 2 rings (SSSR count). The summed E-state index contributed by atoms with van der Waals surface area (Å²) in [5.74, 6) is 0.663. The van der Waals surface area contributed by atoms with Crippen LogP contribution in [-0.4, -0.2) is 37.0 Å². The van der Waals surface area contributed by atoms with Crippen molar-refractivity contribution in [2.45, 2.75) is 20.4 Å². The first-order chi connectivity index (χ1) is 12.2. The molecule has 1 amide bonds. The second-order valence-corrected chi connectivity index (χ2v) is 5.75. The molecule has 3 N–H and O–H groups in total. The quantitative estimate of drug-likeness (QED) is 0.701. The van der Waals surface area contributed by atoms with Crippen LogP contribution in [0.15, 0.2) is 48.5 Å². The van der Waals surface area contributed by atoms with Gasteiger partial charge in [0, 0.05) is 24.3 Å². The van der Waals surface area contributed by atoms with E-state index in [9.17, 15) is 4.79 Å². The molecule has 0 bridgehead atoms. The largest absolute Gasteiger partial charge is 0.492 e. The van der Waals surface area contributed by atoms with Crippen LogP contribution in [-0.2, 0) is 6.54 Å². The summed E-state index contributed by atoms with van der Waals surface area (Å²) in [6.45, 7) is 8.37. The molecule has 0 saturated heterocycles. The lowest BCUT2D eigenvalue weighted by atomic mass is 10.1. The van der Waals surface area contributed by atoms with Crippen molar-refractivity contribution in [3.63, 3.8) is 0 Å². The molecule has 6 heteroatoms. The summed E-state index contributed by atoms with van der Waals surface area (Å²) in [6.07, 6.45) is 0. The number of benzene rings is 2. The van der Waals surface area contributed by atoms with Gasteiger partial charge in [0.05, 0.1) is 0 Å². The highest BCUT2D eigenvalue weighted by atomic mass is 35.5. The van der Waals surface area contributed by atoms with Crippen molar-refractivity contribution in [1.82, 2.24) is 4.90 Å². The molecule has 0 spiro atoms. The number of ether oxygens (including phenoxy) is 1. The standard InChI is InChI=1S/C20H27N3O2.ClH/c1-3-23(4-2)13-14-25-19-11-9-18(10-12-19)22-20(24)17-7-5-16(15-21)6-8-17;/h5-12H,3-4,13-15,21H2,1-2H3,(H,22,24);1H. The van der Waals surface area contributed by atoms with Crippen LogP contribution < -0.4 is 15.8 Å². The summed E-state index contributed by atoms with van der Waals surface area (Å²) in [4.78, 5) is 14.5. The molecule has 5 nitrogen and oxygen atoms in total. The van der Waals surface area contributed by atoms with Crippen molar-refractivity contribution in [3.05, 3.63) is 59.7 Å². The number of carbonyl (C=O) groups is 1. The number of rotatable bonds is 9. The lowest BCUT2D eigenvalue weighted by Crippen LogP contribution is -2.27. The highest BCUT2D eigenvalue weighted by Crippen LogP contribution is 2.16. The van der Waals surface area contributed by atoms with Gasteiger partial charge in [0.15, 0.2) is 0 Å². The molecule has 0 aliphatic carbocycles. The number of nitrogens with zero attached hydrogens (tertiary/aromatic N) is 1. The third-order valence-electron chi connectivity index (χ3n) is 4.13. The molecule has 26 heavy (non-hydrogen) atoms. The van der Waals surface area contributed by atoms with Crippen molar-refractivity contribution in [3.8, 4) is 5.75 Å². The number of hydrogen-bond acceptors (Lipinski definition) is 4. The Hall–Kier alpha value is -2.08. The monoisotopic (exact) mass is 377 g/mol. The van der Waals surface area contributed by atoms with Crippen molar-refractivity contribution in [1.29, 1.82) is 0 Å². The molecule has 0 fully saturated rings. The summed E-state index contributed by atoms with van der Waals surface area (Å²) in [6, 6.07) is 14.7. The lowest BCUT2D eigenvalue weighted by Gasteiger charge is -2.18. The fourth-order valence-corrected chi connectivity index (χ4v) is 2.46. The van der Waals surface area contributed by atoms with Gasteiger partial charge < -0.3 is 20.7 Å². The zero-order valence-corrected chi connectivity index (χ0v) is 16.2. The third-order valence-corrected chi connectivity index (χ3v) is 4.13. The van der Waals surface area contributed by atoms with Gasteiger partial charge in [-0.25, -0.2) is 0 Å². The number of anilines is 1. The summed E-state index contributed by atoms with van der Waals surface area (Å²) < 4.78 is 5.74. The van der Waals surface area contributed by atoms with Crippen LogP contribution in [0.3, 0.4) is 0 Å². The van der Waals surface area contributed by atoms with Gasteiger partial charge in [-0.05, 0) is 55.1 Å². The fourth-order valence-electron chi connectivity index (χ4n) is 2.46. The molecule has 0 aliphatic rings. The molecule has 0 saturated carbocycles. The topological polar surface area (TPSA) is 67.6 Å². The summed E-state index contributed by atoms with van der Waals surface area (Å²) in [7, 11) is 0. The molecule has 0 unspecified atom stereocenters. The van der Waals surface area contributed by atoms with E-state index < -0.39 is 0 Å². The summed E-state index contributed by atoms with van der Waals surface area (Å²) in [5.41, 5.74) is 7.92. The lowest BCUT2D eigenvalue weighted by molar-refractivity contribution is 0.102. The molecular formula is C20H28ClN3O2. The molecule has 2 aromatic carbocycles. The molecule has 142 valence electrons. The molecule has 0 atom stereocenters. The number of amides is 1. The Morgan fingerprint density at radius 3 is 2.19 bits per heavy atom. The van der Waals surface area contributed by atoms with E-state index in [1.165, 1.54) is 0 Å². The van der Waals surface area contributed by atoms with Gasteiger partial charge in [-0.2, -0.15) is 0 Å². The molecule has 0 heterocycles. The fraction of sp³-hybridized carbons (Fsp3) is 0.350. The number of nitrogens with two attached hydrogens (primary N) is 1. The maximum Gasteiger partial charge on any atom is 0.255 e. The Morgan fingerprint density at radius 1 is 1.04 bits per heavy atom. The Bertz CT molecular complexity index is 656. The maximum absolute atomic E-state index is 12.2. The molecule has 0 aliphatic heterocycles. The van der Waals surface area contributed by atoms with Crippen molar-refractivity contribution < 1.29 is 9.53 Å². The van der Waals surface area contributed by atoms with Crippen LogP contribution in [0.5, 0.6) is 5.75 Å². The zero-order chi connectivity index (χ0) is 18.1. The van der Waals surface area contributed by atoms with E-state index in [2.05, 4.69) is 24.1 Å². The first kappa shape index (κ1) is 22.0. The minimum atomic E-state index is -0.140. The Kier molecular flexibility index (Phi) is 9.73. The predicted molar refractivity (Wildman–Crippen MR) is 109 cm³/mol. The smallest absolute Gasteiger partial charge is 0.255 e. The van der Waals surface area contributed by atoms with E-state index in [1.54, 1.807) is 12.1 Å². The second-order valence-electron chi connectivity index (χ2n) is 5.75. The third kappa shape index (κ3) is 6.67. The number of likely N-dealkylation sites (N-methyl/N-ethyl adjacent to an activating group) is 1. The van der Waals surface area contributed by atoms with Crippen LogP contribution in [0.25, 0.3) is 0 Å². The normalized spacial score (nSPS) is 10.3. The highest BCUT2D eigenvalue weighted by Gasteiger charge is 2.06. The van der Waals surface area contributed by atoms with E-state index in [4.69, 9.17) is 10.5 Å². The van der Waals surface area contributed by atoms with Crippen LogP contribution in [0.4, 0.5) is 5.69 Å². The Morgan fingerprint density at radius 2 is 1.65 bits per heavy atom. The SMILES string of the molecule is CCN(CC)CCOc1ccc(NC(=O)c2ccc(CN)cc2)cc1.Cl. The minimum absolute atomic E-state index is 0. The van der Waals surface area contributed by atoms with Gasteiger partial charge >= 0.3 is 0 Å². The maximum atomic E-state index is 12.2. The van der Waals surface area contributed by atoms with Crippen molar-refractivity contribution in [2.24, 2.45) is 5.73 Å². The van der Waals surface area contributed by atoms with Gasteiger partial charge in [0.25, 0.3) is 5.91 Å². The van der Waals surface area contributed by atoms with E-state index in [0.717, 1.165) is 36.6 Å². The summed E-state index contributed by atoms with van der Waals surface area (Å²) in [5, 5.41) is 2.88. The van der Waals surface area contributed by atoms with Crippen LogP contribution >= 0.6 is 12.4 Å². The van der Waals surface area contributed by atoms with E-state index in [-0.39, 0.29) is 18.3 Å². The number of halogens is 1. The molecule has 0 aromatic heterocycles. The Balaban J connectivity index is 0.00000338. The molecular weight excluding hydrogens is 350 g/mol. The van der Waals surface area contributed by atoms with Crippen molar-refractivity contribution >= 4 is 24.0 Å². The van der Waals surface area contributed by atoms with Crippen molar-refractivity contribution in [2.75, 3.05) is 31.6 Å². The van der Waals surface area contributed by atoms with Gasteiger partial charge in [0.1, 0.15) is 12.4 Å². The molecule has 2 aromatic rings. The number of hydrogen-bond donors (Lipinski definition) is 2. The van der Waals surface area contributed by atoms with Crippen LogP contribution in [0, 0.1) is 0 Å². The summed E-state index contributed by atoms with van der Waals surface area (Å²) >= 11 is 0. The zero-order valence-electron chi connectivity index (χ0n) is 15.4. The van der Waals surface area contributed by atoms with Crippen LogP contribution in [0.1, 0.15) is 29.8 Å².